The van der Waals surface area contributed by atoms with E-state index in [1.54, 1.807) is 0 Å². The quantitative estimate of drug-likeness (QED) is 0.888. The smallest absolute Gasteiger partial charge is 0.0332 e. The van der Waals surface area contributed by atoms with Gasteiger partial charge < -0.3 is 5.32 Å². The highest BCUT2D eigenvalue weighted by Crippen LogP contribution is 2.22. The van der Waals surface area contributed by atoms with E-state index in [-0.39, 0.29) is 0 Å². The Morgan fingerprint density at radius 1 is 1.32 bits per heavy atom. The summed E-state index contributed by atoms with van der Waals surface area (Å²) in [5.41, 5.74) is 0. The molecule has 1 aromatic heterocycles. The summed E-state index contributed by atoms with van der Waals surface area (Å²) >= 11 is 1.99. The third-order valence-electron chi connectivity index (χ3n) is 4.26. The van der Waals surface area contributed by atoms with Crippen LogP contribution in [0.4, 0.5) is 0 Å². The Hall–Kier alpha value is -0.380. The maximum atomic E-state index is 3.71. The van der Waals surface area contributed by atoms with Crippen molar-refractivity contribution in [3.8, 4) is 0 Å². The standard InChI is InChI=1S/C16H28N2S/c1-5-13-9-17-16(12(3)4)11-18(13)10-15-8-7-14(6-2)19-15/h7-8,12-13,16-17H,5-6,9-11H2,1-4H3. The van der Waals surface area contributed by atoms with Gasteiger partial charge in [-0.1, -0.05) is 27.7 Å². The number of aryl methyl sites for hydroxylation is 1. The zero-order valence-corrected chi connectivity index (χ0v) is 13.6. The zero-order valence-electron chi connectivity index (χ0n) is 12.8. The van der Waals surface area contributed by atoms with E-state index in [2.05, 4.69) is 50.0 Å². The molecule has 1 N–H and O–H groups in total. The topological polar surface area (TPSA) is 15.3 Å². The molecular formula is C16H28N2S. The molecule has 2 rings (SSSR count). The molecule has 1 aromatic rings. The molecule has 1 saturated heterocycles. The summed E-state index contributed by atoms with van der Waals surface area (Å²) in [5.74, 6) is 0.717. The molecule has 0 amide bonds. The number of piperazine rings is 1. The van der Waals surface area contributed by atoms with Gasteiger partial charge in [0.15, 0.2) is 0 Å². The number of rotatable bonds is 5. The summed E-state index contributed by atoms with van der Waals surface area (Å²) < 4.78 is 0. The molecule has 1 fully saturated rings. The van der Waals surface area contributed by atoms with Gasteiger partial charge in [0.1, 0.15) is 0 Å². The number of thiophene rings is 1. The average Bonchev–Trinajstić information content (AvgIpc) is 2.86. The Morgan fingerprint density at radius 3 is 2.63 bits per heavy atom. The van der Waals surface area contributed by atoms with Gasteiger partial charge in [-0.15, -0.1) is 11.3 Å². The third kappa shape index (κ3) is 3.80. The fourth-order valence-electron chi connectivity index (χ4n) is 2.82. The Balaban J connectivity index is 2.01. The molecule has 19 heavy (non-hydrogen) atoms. The van der Waals surface area contributed by atoms with Gasteiger partial charge in [-0.25, -0.2) is 0 Å². The molecule has 2 unspecified atom stereocenters. The van der Waals surface area contributed by atoms with Crippen molar-refractivity contribution in [2.75, 3.05) is 13.1 Å². The normalized spacial score (nSPS) is 25.1. The molecule has 1 aliphatic heterocycles. The fourth-order valence-corrected chi connectivity index (χ4v) is 3.81. The van der Waals surface area contributed by atoms with Crippen molar-refractivity contribution >= 4 is 11.3 Å². The highest BCUT2D eigenvalue weighted by atomic mass is 32.1. The average molecular weight is 280 g/mol. The summed E-state index contributed by atoms with van der Waals surface area (Å²) in [4.78, 5) is 5.73. The van der Waals surface area contributed by atoms with Crippen molar-refractivity contribution in [3.05, 3.63) is 21.9 Å². The summed E-state index contributed by atoms with van der Waals surface area (Å²) in [6, 6.07) is 5.96. The summed E-state index contributed by atoms with van der Waals surface area (Å²) in [6.45, 7) is 12.7. The molecular weight excluding hydrogens is 252 g/mol. The van der Waals surface area contributed by atoms with Gasteiger partial charge in [0, 0.05) is 41.5 Å². The van der Waals surface area contributed by atoms with Gasteiger partial charge in [-0.05, 0) is 30.9 Å². The molecule has 0 aromatic carbocycles. The van der Waals surface area contributed by atoms with Gasteiger partial charge in [0.05, 0.1) is 0 Å². The fraction of sp³-hybridized carbons (Fsp3) is 0.750. The van der Waals surface area contributed by atoms with Crippen molar-refractivity contribution in [3.63, 3.8) is 0 Å². The van der Waals surface area contributed by atoms with E-state index < -0.39 is 0 Å². The Bertz CT molecular complexity index is 386. The van der Waals surface area contributed by atoms with Crippen LogP contribution in [-0.2, 0) is 13.0 Å². The molecule has 108 valence electrons. The highest BCUT2D eigenvalue weighted by Gasteiger charge is 2.28. The van der Waals surface area contributed by atoms with Crippen LogP contribution in [0.2, 0.25) is 0 Å². The highest BCUT2D eigenvalue weighted by molar-refractivity contribution is 7.11. The number of hydrogen-bond acceptors (Lipinski definition) is 3. The van der Waals surface area contributed by atoms with Crippen LogP contribution >= 0.6 is 11.3 Å². The van der Waals surface area contributed by atoms with Gasteiger partial charge in [0.25, 0.3) is 0 Å². The van der Waals surface area contributed by atoms with Crippen molar-refractivity contribution in [1.82, 2.24) is 10.2 Å². The van der Waals surface area contributed by atoms with Crippen LogP contribution in [0.15, 0.2) is 12.1 Å². The molecule has 0 spiro atoms. The minimum absolute atomic E-state index is 0.647. The lowest BCUT2D eigenvalue weighted by molar-refractivity contribution is 0.104. The molecule has 3 heteroatoms. The van der Waals surface area contributed by atoms with E-state index in [1.807, 2.05) is 11.3 Å². The molecule has 1 aliphatic rings. The second-order valence-electron chi connectivity index (χ2n) is 5.97. The van der Waals surface area contributed by atoms with Crippen molar-refractivity contribution in [1.29, 1.82) is 0 Å². The third-order valence-corrected chi connectivity index (χ3v) is 5.48. The minimum atomic E-state index is 0.647. The lowest BCUT2D eigenvalue weighted by Crippen LogP contribution is -2.57. The first kappa shape index (κ1) is 15.0. The van der Waals surface area contributed by atoms with Crippen LogP contribution in [-0.4, -0.2) is 30.1 Å². The first-order valence-corrected chi connectivity index (χ1v) is 8.50. The number of hydrogen-bond donors (Lipinski definition) is 1. The summed E-state index contributed by atoms with van der Waals surface area (Å²) in [5, 5.41) is 3.71. The molecule has 0 bridgehead atoms. The van der Waals surface area contributed by atoms with Gasteiger partial charge in [-0.2, -0.15) is 0 Å². The largest absolute Gasteiger partial charge is 0.311 e. The predicted octanol–water partition coefficient (Wildman–Crippen LogP) is 3.52. The molecule has 2 atom stereocenters. The number of nitrogens with one attached hydrogen (secondary N) is 1. The van der Waals surface area contributed by atoms with Crippen LogP contribution in [0.3, 0.4) is 0 Å². The van der Waals surface area contributed by atoms with E-state index in [0.29, 0.717) is 12.1 Å². The van der Waals surface area contributed by atoms with E-state index in [0.717, 1.165) is 25.4 Å². The lowest BCUT2D eigenvalue weighted by Gasteiger charge is -2.41. The minimum Gasteiger partial charge on any atom is -0.311 e. The van der Waals surface area contributed by atoms with Crippen LogP contribution in [0.25, 0.3) is 0 Å². The molecule has 0 saturated carbocycles. The summed E-state index contributed by atoms with van der Waals surface area (Å²) in [7, 11) is 0. The van der Waals surface area contributed by atoms with Crippen LogP contribution in [0.1, 0.15) is 43.9 Å². The van der Waals surface area contributed by atoms with Crippen molar-refractivity contribution in [2.24, 2.45) is 5.92 Å². The van der Waals surface area contributed by atoms with E-state index >= 15 is 0 Å². The SMILES string of the molecule is CCc1ccc(CN2CC(C(C)C)NCC2CC)s1. The van der Waals surface area contributed by atoms with Crippen molar-refractivity contribution in [2.45, 2.75) is 59.2 Å². The predicted molar refractivity (Wildman–Crippen MR) is 84.8 cm³/mol. The Morgan fingerprint density at radius 2 is 2.05 bits per heavy atom. The maximum Gasteiger partial charge on any atom is 0.0332 e. The van der Waals surface area contributed by atoms with E-state index in [1.165, 1.54) is 22.7 Å². The van der Waals surface area contributed by atoms with Crippen LogP contribution < -0.4 is 5.32 Å². The van der Waals surface area contributed by atoms with Crippen LogP contribution in [0, 0.1) is 5.92 Å². The van der Waals surface area contributed by atoms with E-state index in [4.69, 9.17) is 0 Å². The van der Waals surface area contributed by atoms with Gasteiger partial charge >= 0.3 is 0 Å². The summed E-state index contributed by atoms with van der Waals surface area (Å²) in [6.07, 6.45) is 2.40. The van der Waals surface area contributed by atoms with E-state index in [9.17, 15) is 0 Å². The lowest BCUT2D eigenvalue weighted by atomic mass is 9.98. The van der Waals surface area contributed by atoms with Crippen molar-refractivity contribution < 1.29 is 0 Å². The maximum absolute atomic E-state index is 3.71. The van der Waals surface area contributed by atoms with Crippen LogP contribution in [0.5, 0.6) is 0 Å². The zero-order chi connectivity index (χ0) is 13.8. The van der Waals surface area contributed by atoms with Gasteiger partial charge in [0.2, 0.25) is 0 Å². The Kier molecular flexibility index (Phi) is 5.43. The second kappa shape index (κ2) is 6.87. The first-order chi connectivity index (χ1) is 9.13. The monoisotopic (exact) mass is 280 g/mol. The Labute approximate surface area is 122 Å². The van der Waals surface area contributed by atoms with Gasteiger partial charge in [-0.3, -0.25) is 4.90 Å². The first-order valence-electron chi connectivity index (χ1n) is 7.69. The molecule has 2 heterocycles. The molecule has 0 radical (unpaired) electrons. The number of nitrogens with zero attached hydrogens (tertiary/aromatic N) is 1. The molecule has 0 aliphatic carbocycles. The molecule has 2 nitrogen and oxygen atoms in total. The second-order valence-corrected chi connectivity index (χ2v) is 7.22.